The van der Waals surface area contributed by atoms with Gasteiger partial charge in [-0.2, -0.15) is 0 Å². The number of rotatable bonds is 5. The molecule has 2 amide bonds. The van der Waals surface area contributed by atoms with Gasteiger partial charge in [0.2, 0.25) is 5.89 Å². The number of carbonyl (C=O) groups excluding carboxylic acids is 2. The highest BCUT2D eigenvalue weighted by atomic mass is 16.6. The summed E-state index contributed by atoms with van der Waals surface area (Å²) < 4.78 is 10.6. The fourth-order valence-electron chi connectivity index (χ4n) is 2.89. The van der Waals surface area contributed by atoms with Crippen LogP contribution in [-0.4, -0.2) is 36.7 Å². The highest BCUT2D eigenvalue weighted by molar-refractivity contribution is 5.78. The Bertz CT molecular complexity index is 691. The van der Waals surface area contributed by atoms with Crippen LogP contribution in [0.25, 0.3) is 11.1 Å². The van der Waals surface area contributed by atoms with Gasteiger partial charge >= 0.3 is 6.09 Å². The van der Waals surface area contributed by atoms with Crippen molar-refractivity contribution in [2.45, 2.75) is 18.9 Å². The van der Waals surface area contributed by atoms with E-state index in [0.29, 0.717) is 11.5 Å². The number of hydrogen-bond donors (Lipinski definition) is 3. The number of primary amides is 1. The number of oxazole rings is 1. The second kappa shape index (κ2) is 7.31. The number of nitrogens with two attached hydrogens (primary N) is 1. The molecule has 1 aliphatic rings. The van der Waals surface area contributed by atoms with Crippen molar-refractivity contribution >= 4 is 23.1 Å². The first-order chi connectivity index (χ1) is 11.6. The van der Waals surface area contributed by atoms with E-state index in [9.17, 15) is 9.59 Å². The molecule has 8 heteroatoms. The Morgan fingerprint density at radius 2 is 2.12 bits per heavy atom. The van der Waals surface area contributed by atoms with Crippen molar-refractivity contribution in [1.82, 2.24) is 15.6 Å². The van der Waals surface area contributed by atoms with Crippen molar-refractivity contribution in [3.8, 4) is 0 Å². The summed E-state index contributed by atoms with van der Waals surface area (Å²) >= 11 is 0. The largest absolute Gasteiger partial charge is 0.439 e. The van der Waals surface area contributed by atoms with E-state index < -0.39 is 24.6 Å². The third-order valence-corrected chi connectivity index (χ3v) is 4.05. The van der Waals surface area contributed by atoms with Gasteiger partial charge in [-0.15, -0.1) is 0 Å². The maximum atomic E-state index is 12.0. The van der Waals surface area contributed by atoms with Gasteiger partial charge in [-0.1, -0.05) is 12.1 Å². The summed E-state index contributed by atoms with van der Waals surface area (Å²) in [6.07, 6.45) is 1.04. The van der Waals surface area contributed by atoms with Crippen LogP contribution in [0.2, 0.25) is 0 Å². The molecule has 0 saturated carbocycles. The topological polar surface area (TPSA) is 119 Å². The molecule has 4 N–H and O–H groups in total. The predicted molar refractivity (Wildman–Crippen MR) is 86.0 cm³/mol. The van der Waals surface area contributed by atoms with Crippen LogP contribution in [-0.2, 0) is 9.53 Å². The summed E-state index contributed by atoms with van der Waals surface area (Å²) in [5.41, 5.74) is 6.39. The van der Waals surface area contributed by atoms with E-state index in [1.165, 1.54) is 0 Å². The number of aromatic nitrogens is 1. The number of alkyl carbamates (subject to hydrolysis) is 1. The Hall–Kier alpha value is -2.61. The monoisotopic (exact) mass is 332 g/mol. The average molecular weight is 332 g/mol. The number of nitrogens with zero attached hydrogens (tertiary/aromatic N) is 1. The summed E-state index contributed by atoms with van der Waals surface area (Å²) in [6.45, 7) is 1.26. The molecular formula is C16H20N4O4. The minimum atomic E-state index is -0.709. The molecule has 0 bridgehead atoms. The number of para-hydroxylation sites is 2. The molecule has 8 nitrogen and oxygen atoms in total. The Morgan fingerprint density at radius 1 is 1.38 bits per heavy atom. The second-order valence-electron chi connectivity index (χ2n) is 5.77. The van der Waals surface area contributed by atoms with Gasteiger partial charge in [0.05, 0.1) is 0 Å². The highest BCUT2D eigenvalue weighted by Crippen LogP contribution is 2.30. The van der Waals surface area contributed by atoms with Gasteiger partial charge < -0.3 is 25.5 Å². The molecule has 128 valence electrons. The molecule has 2 aromatic rings. The van der Waals surface area contributed by atoms with Crippen LogP contribution in [0.15, 0.2) is 28.7 Å². The molecule has 1 aromatic heterocycles. The molecule has 0 spiro atoms. The number of amides is 2. The SMILES string of the molecule is NC(=O)COC(=O)NC(c1nc2ccccc2o1)C1CCNCC1. The standard InChI is InChI=1S/C16H20N4O4/c17-13(21)9-23-16(22)20-14(10-5-7-18-8-6-10)15-19-11-3-1-2-4-12(11)24-15/h1-4,10,14,18H,5-9H2,(H2,17,21)(H,20,22). The number of benzene rings is 1. The number of fused-ring (bicyclic) bond motifs is 1. The minimum absolute atomic E-state index is 0.167. The highest BCUT2D eigenvalue weighted by Gasteiger charge is 2.31. The van der Waals surface area contributed by atoms with Gasteiger partial charge in [0.15, 0.2) is 12.2 Å². The first-order valence-electron chi connectivity index (χ1n) is 7.91. The van der Waals surface area contributed by atoms with Gasteiger partial charge in [-0.05, 0) is 44.0 Å². The zero-order valence-electron chi connectivity index (χ0n) is 13.2. The lowest BCUT2D eigenvalue weighted by molar-refractivity contribution is -0.120. The summed E-state index contributed by atoms with van der Waals surface area (Å²) in [6, 6.07) is 7.01. The second-order valence-corrected chi connectivity index (χ2v) is 5.77. The van der Waals surface area contributed by atoms with Crippen molar-refractivity contribution in [2.75, 3.05) is 19.7 Å². The van der Waals surface area contributed by atoms with Crippen molar-refractivity contribution in [2.24, 2.45) is 11.7 Å². The van der Waals surface area contributed by atoms with E-state index in [1.54, 1.807) is 0 Å². The van der Waals surface area contributed by atoms with E-state index in [-0.39, 0.29) is 5.92 Å². The molecule has 2 heterocycles. The summed E-state index contributed by atoms with van der Waals surface area (Å²) in [7, 11) is 0. The first kappa shape index (κ1) is 16.3. The zero-order valence-corrected chi connectivity index (χ0v) is 13.2. The normalized spacial score (nSPS) is 16.7. The molecule has 24 heavy (non-hydrogen) atoms. The minimum Gasteiger partial charge on any atom is -0.439 e. The number of piperidine rings is 1. The van der Waals surface area contributed by atoms with E-state index in [4.69, 9.17) is 14.9 Å². The third kappa shape index (κ3) is 3.83. The van der Waals surface area contributed by atoms with Crippen LogP contribution in [0, 0.1) is 5.92 Å². The van der Waals surface area contributed by atoms with Crippen molar-refractivity contribution < 1.29 is 18.7 Å². The number of hydrogen-bond acceptors (Lipinski definition) is 6. The lowest BCUT2D eigenvalue weighted by Gasteiger charge is -2.29. The van der Waals surface area contributed by atoms with Crippen molar-refractivity contribution in [3.63, 3.8) is 0 Å². The third-order valence-electron chi connectivity index (χ3n) is 4.05. The molecule has 1 saturated heterocycles. The van der Waals surface area contributed by atoms with E-state index in [2.05, 4.69) is 15.6 Å². The van der Waals surface area contributed by atoms with Crippen LogP contribution in [0.1, 0.15) is 24.8 Å². The van der Waals surface area contributed by atoms with Crippen molar-refractivity contribution in [3.05, 3.63) is 30.2 Å². The van der Waals surface area contributed by atoms with Gasteiger partial charge in [0.25, 0.3) is 5.91 Å². The fourth-order valence-corrected chi connectivity index (χ4v) is 2.89. The molecule has 1 aliphatic heterocycles. The van der Waals surface area contributed by atoms with Gasteiger partial charge in [0.1, 0.15) is 11.6 Å². The van der Waals surface area contributed by atoms with Crippen LogP contribution in [0.4, 0.5) is 4.79 Å². The molecule has 0 aliphatic carbocycles. The number of nitrogens with one attached hydrogen (secondary N) is 2. The molecule has 1 fully saturated rings. The maximum Gasteiger partial charge on any atom is 0.408 e. The maximum absolute atomic E-state index is 12.0. The molecule has 1 aromatic carbocycles. The molecule has 3 rings (SSSR count). The summed E-state index contributed by atoms with van der Waals surface area (Å²) in [5, 5.41) is 6.05. The molecule has 1 atom stereocenters. The molecule has 1 unspecified atom stereocenters. The van der Waals surface area contributed by atoms with Crippen LogP contribution >= 0.6 is 0 Å². The Labute approximate surface area is 138 Å². The quantitative estimate of drug-likeness (QED) is 0.754. The Kier molecular flexibility index (Phi) is 4.95. The van der Waals surface area contributed by atoms with Crippen LogP contribution < -0.4 is 16.4 Å². The molecule has 0 radical (unpaired) electrons. The Morgan fingerprint density at radius 3 is 2.83 bits per heavy atom. The zero-order chi connectivity index (χ0) is 16.9. The Balaban J connectivity index is 1.80. The van der Waals surface area contributed by atoms with Crippen LogP contribution in [0.3, 0.4) is 0 Å². The van der Waals surface area contributed by atoms with Gasteiger partial charge in [0, 0.05) is 0 Å². The van der Waals surface area contributed by atoms with E-state index in [1.807, 2.05) is 24.3 Å². The average Bonchev–Trinajstić information content (AvgIpc) is 3.02. The first-order valence-corrected chi connectivity index (χ1v) is 7.91. The smallest absolute Gasteiger partial charge is 0.408 e. The van der Waals surface area contributed by atoms with Gasteiger partial charge in [-0.3, -0.25) is 4.79 Å². The summed E-state index contributed by atoms with van der Waals surface area (Å²) in [5.74, 6) is -0.0926. The van der Waals surface area contributed by atoms with E-state index in [0.717, 1.165) is 31.4 Å². The van der Waals surface area contributed by atoms with E-state index >= 15 is 0 Å². The van der Waals surface area contributed by atoms with Crippen molar-refractivity contribution in [1.29, 1.82) is 0 Å². The lowest BCUT2D eigenvalue weighted by atomic mass is 9.90. The molecular weight excluding hydrogens is 312 g/mol. The van der Waals surface area contributed by atoms with Gasteiger partial charge in [-0.25, -0.2) is 9.78 Å². The predicted octanol–water partition coefficient (Wildman–Crippen LogP) is 1.08. The van der Waals surface area contributed by atoms with Crippen LogP contribution in [0.5, 0.6) is 0 Å². The summed E-state index contributed by atoms with van der Waals surface area (Å²) in [4.78, 5) is 27.2. The number of ether oxygens (including phenoxy) is 1. The number of carbonyl (C=O) groups is 2. The fraction of sp³-hybridized carbons (Fsp3) is 0.438. The lowest BCUT2D eigenvalue weighted by Crippen LogP contribution is -2.40.